The minimum atomic E-state index is -1.99. The summed E-state index contributed by atoms with van der Waals surface area (Å²) in [5.41, 5.74) is -1.04. The number of aromatic nitrogens is 2. The van der Waals surface area contributed by atoms with Crippen molar-refractivity contribution in [2.45, 2.75) is 167 Å². The lowest BCUT2D eigenvalue weighted by molar-refractivity contribution is -0.167. The Balaban J connectivity index is 1.60. The standard InChI is InChI=1S/C44H65N5O15/c1-5-6-7-8-9-10-11-12-13-14-18-22-33(53)61-28(2)34(48-44(59)60-27-31-20-16-15-17-21-31)40(55)46-25-19-24-45-35(42(56)57)36(54)37-38(62-29(3)50)39(63-30(4)51)41(64-37)49-26-23-32(52)47-43(49)58/h15-17,20-21,23,26,28,34-39,41,45,54H,5-14,18-19,22,24-25,27H2,1-4H3,(H,46,55)(H,48,59)(H,56,57)(H,47,52,58)/t28-,34-,35?,36+,37+,38+,39+,41+/m0/s1. The Bertz CT molecular complexity index is 1910. The molecule has 20 heteroatoms. The van der Waals surface area contributed by atoms with Crippen LogP contribution in [0, 0.1) is 0 Å². The zero-order valence-corrected chi connectivity index (χ0v) is 37.1. The molecule has 1 aliphatic heterocycles. The van der Waals surface area contributed by atoms with Crippen molar-refractivity contribution in [3.8, 4) is 0 Å². The van der Waals surface area contributed by atoms with Gasteiger partial charge in [-0.15, -0.1) is 0 Å². The summed E-state index contributed by atoms with van der Waals surface area (Å²) in [5, 5.41) is 29.3. The second-order valence-electron chi connectivity index (χ2n) is 15.7. The molecular formula is C44H65N5O15. The van der Waals surface area contributed by atoms with Gasteiger partial charge in [0.2, 0.25) is 5.91 Å². The number of benzene rings is 1. The van der Waals surface area contributed by atoms with Crippen LogP contribution in [0.2, 0.25) is 0 Å². The Morgan fingerprint density at radius 1 is 0.812 bits per heavy atom. The number of ether oxygens (including phenoxy) is 5. The van der Waals surface area contributed by atoms with Gasteiger partial charge >= 0.3 is 35.7 Å². The van der Waals surface area contributed by atoms with Gasteiger partial charge < -0.3 is 49.8 Å². The van der Waals surface area contributed by atoms with Crippen molar-refractivity contribution in [1.82, 2.24) is 25.5 Å². The van der Waals surface area contributed by atoms with Crippen LogP contribution in [0.3, 0.4) is 0 Å². The molecule has 356 valence electrons. The number of hydrogen-bond acceptors (Lipinski definition) is 15. The van der Waals surface area contributed by atoms with Crippen molar-refractivity contribution >= 4 is 35.9 Å². The predicted molar refractivity (Wildman–Crippen MR) is 230 cm³/mol. The summed E-state index contributed by atoms with van der Waals surface area (Å²) < 4.78 is 28.2. The number of aromatic amines is 1. The molecule has 0 aliphatic carbocycles. The maximum atomic E-state index is 13.5. The van der Waals surface area contributed by atoms with Gasteiger partial charge in [0.1, 0.15) is 37.0 Å². The van der Waals surface area contributed by atoms with Crippen molar-refractivity contribution in [1.29, 1.82) is 0 Å². The fourth-order valence-electron chi connectivity index (χ4n) is 7.20. The van der Waals surface area contributed by atoms with Crippen LogP contribution in [0.15, 0.2) is 52.2 Å². The number of nitrogens with one attached hydrogen (secondary N) is 4. The molecule has 6 N–H and O–H groups in total. The number of carbonyl (C=O) groups is 6. The molecule has 3 rings (SSSR count). The van der Waals surface area contributed by atoms with E-state index in [2.05, 4.69) is 22.9 Å². The molecule has 2 amide bonds. The SMILES string of the molecule is CCCCCCCCCCCCCC(=O)O[C@@H](C)[C@H](NC(=O)OCc1ccccc1)C(=O)NCCCNC(C(=O)O)[C@@H](O)[C@H]1O[C@@H](n2ccc(=O)[nH]c2=O)[C@H](OC(C)=O)[C@@H]1OC(C)=O. The zero-order valence-electron chi connectivity index (χ0n) is 37.1. The normalized spacial score (nSPS) is 18.8. The molecule has 20 nitrogen and oxygen atoms in total. The third kappa shape index (κ3) is 18.2. The summed E-state index contributed by atoms with van der Waals surface area (Å²) in [4.78, 5) is 102. The van der Waals surface area contributed by atoms with Gasteiger partial charge in [0.05, 0.1) is 0 Å². The molecule has 1 aromatic carbocycles. The van der Waals surface area contributed by atoms with Crippen molar-refractivity contribution in [3.05, 3.63) is 69.0 Å². The molecule has 0 spiro atoms. The van der Waals surface area contributed by atoms with E-state index >= 15 is 0 Å². The van der Waals surface area contributed by atoms with Gasteiger partial charge in [-0.05, 0) is 31.9 Å². The summed E-state index contributed by atoms with van der Waals surface area (Å²) >= 11 is 0. The second kappa shape index (κ2) is 28.2. The van der Waals surface area contributed by atoms with Crippen LogP contribution < -0.4 is 27.2 Å². The maximum absolute atomic E-state index is 13.5. The highest BCUT2D eigenvalue weighted by atomic mass is 16.6. The first-order valence-corrected chi connectivity index (χ1v) is 22.0. The van der Waals surface area contributed by atoms with Crippen molar-refractivity contribution in [2.24, 2.45) is 0 Å². The van der Waals surface area contributed by atoms with Crippen molar-refractivity contribution < 1.29 is 62.7 Å². The molecule has 64 heavy (non-hydrogen) atoms. The van der Waals surface area contributed by atoms with Crippen LogP contribution in [0.4, 0.5) is 4.79 Å². The summed E-state index contributed by atoms with van der Waals surface area (Å²) in [6.07, 6.45) is 3.03. The predicted octanol–water partition coefficient (Wildman–Crippen LogP) is 3.14. The highest BCUT2D eigenvalue weighted by Crippen LogP contribution is 2.35. The number of amides is 2. The van der Waals surface area contributed by atoms with E-state index in [0.717, 1.165) is 56.4 Å². The minimum absolute atomic E-state index is 0.0742. The van der Waals surface area contributed by atoms with E-state index in [0.29, 0.717) is 12.0 Å². The fraction of sp³-hybridized carbons (Fsp3) is 0.636. The van der Waals surface area contributed by atoms with Crippen LogP contribution in [0.5, 0.6) is 0 Å². The number of rotatable bonds is 29. The Labute approximate surface area is 372 Å². The first-order chi connectivity index (χ1) is 30.6. The molecule has 1 fully saturated rings. The average molecular weight is 904 g/mol. The number of hydrogen-bond donors (Lipinski definition) is 6. The number of H-pyrrole nitrogens is 1. The lowest BCUT2D eigenvalue weighted by Gasteiger charge is -2.29. The molecular weight excluding hydrogens is 839 g/mol. The fourth-order valence-corrected chi connectivity index (χ4v) is 7.20. The number of carboxylic acids is 1. The molecule has 0 bridgehead atoms. The van der Waals surface area contributed by atoms with E-state index in [1.165, 1.54) is 45.4 Å². The Morgan fingerprint density at radius 3 is 2.02 bits per heavy atom. The van der Waals surface area contributed by atoms with Crippen molar-refractivity contribution in [2.75, 3.05) is 13.1 Å². The van der Waals surface area contributed by atoms with Gasteiger partial charge in [-0.2, -0.15) is 0 Å². The maximum Gasteiger partial charge on any atom is 0.408 e. The van der Waals surface area contributed by atoms with Crippen LogP contribution in [0.1, 0.15) is 123 Å². The van der Waals surface area contributed by atoms with Gasteiger partial charge in [-0.25, -0.2) is 9.59 Å². The van der Waals surface area contributed by atoms with Gasteiger partial charge in [0.15, 0.2) is 18.4 Å². The lowest BCUT2D eigenvalue weighted by atomic mass is 9.99. The Hall–Kier alpha value is -5.60. The van der Waals surface area contributed by atoms with E-state index in [-0.39, 0.29) is 32.5 Å². The van der Waals surface area contributed by atoms with E-state index in [1.54, 1.807) is 30.3 Å². The summed E-state index contributed by atoms with van der Waals surface area (Å²) in [6, 6.07) is 6.68. The number of carboxylic acid groups (broad SMARTS) is 1. The van der Waals surface area contributed by atoms with Crippen LogP contribution >= 0.6 is 0 Å². The first-order valence-electron chi connectivity index (χ1n) is 22.0. The van der Waals surface area contributed by atoms with E-state index in [9.17, 15) is 48.6 Å². The number of aliphatic hydroxyl groups is 1. The number of aliphatic hydroxyl groups excluding tert-OH is 1. The smallest absolute Gasteiger partial charge is 0.408 e. The summed E-state index contributed by atoms with van der Waals surface area (Å²) in [7, 11) is 0. The number of esters is 3. The molecule has 1 aliphatic rings. The molecule has 1 unspecified atom stereocenters. The molecule has 2 heterocycles. The highest BCUT2D eigenvalue weighted by Gasteiger charge is 2.55. The van der Waals surface area contributed by atoms with Crippen LogP contribution in [0.25, 0.3) is 0 Å². The topological polar surface area (TPSA) is 280 Å². The lowest BCUT2D eigenvalue weighted by Crippen LogP contribution is -2.55. The average Bonchev–Trinajstić information content (AvgIpc) is 3.57. The second-order valence-corrected chi connectivity index (χ2v) is 15.7. The van der Waals surface area contributed by atoms with Gasteiger partial charge in [-0.1, -0.05) is 101 Å². The van der Waals surface area contributed by atoms with E-state index < -0.39 is 96.0 Å². The summed E-state index contributed by atoms with van der Waals surface area (Å²) in [5.74, 6) is -4.59. The quantitative estimate of drug-likeness (QED) is 0.0389. The Kier molecular flexibility index (Phi) is 23.3. The summed E-state index contributed by atoms with van der Waals surface area (Å²) in [6.45, 7) is 5.44. The number of nitrogens with zero attached hydrogens (tertiary/aromatic N) is 1. The van der Waals surface area contributed by atoms with Gasteiger partial charge in [0, 0.05) is 39.1 Å². The zero-order chi connectivity index (χ0) is 47.0. The number of alkyl carbamates (subject to hydrolysis) is 1. The number of aliphatic carboxylic acids is 1. The third-order valence-corrected chi connectivity index (χ3v) is 10.5. The molecule has 0 radical (unpaired) electrons. The number of carbonyl (C=O) groups excluding carboxylic acids is 5. The molecule has 2 aromatic rings. The largest absolute Gasteiger partial charge is 0.480 e. The molecule has 0 saturated carbocycles. The minimum Gasteiger partial charge on any atom is -0.480 e. The van der Waals surface area contributed by atoms with E-state index in [1.807, 2.05) is 4.98 Å². The number of unbranched alkanes of at least 4 members (excludes halogenated alkanes) is 10. The monoisotopic (exact) mass is 903 g/mol. The first kappa shape index (κ1) is 52.7. The van der Waals surface area contributed by atoms with Crippen molar-refractivity contribution in [3.63, 3.8) is 0 Å². The van der Waals surface area contributed by atoms with E-state index in [4.69, 9.17) is 23.7 Å². The molecule has 8 atom stereocenters. The van der Waals surface area contributed by atoms with Gasteiger partial charge in [0.25, 0.3) is 5.56 Å². The third-order valence-electron chi connectivity index (χ3n) is 10.5. The van der Waals surface area contributed by atoms with Gasteiger partial charge in [-0.3, -0.25) is 38.3 Å². The van der Waals surface area contributed by atoms with Crippen LogP contribution in [-0.2, 0) is 54.3 Å². The Morgan fingerprint density at radius 2 is 1.42 bits per heavy atom. The molecule has 1 saturated heterocycles. The highest BCUT2D eigenvalue weighted by molar-refractivity contribution is 5.86. The molecule has 1 aromatic heterocycles. The van der Waals surface area contributed by atoms with Crippen LogP contribution in [-0.4, -0.2) is 111 Å².